The monoisotopic (exact) mass is 302 g/mol. The van der Waals surface area contributed by atoms with E-state index < -0.39 is 10.0 Å². The number of sulfonamides is 1. The lowest BCUT2D eigenvalue weighted by Crippen LogP contribution is -2.40. The van der Waals surface area contributed by atoms with Crippen LogP contribution in [0.5, 0.6) is 0 Å². The van der Waals surface area contributed by atoms with Crippen LogP contribution in [0.4, 0.5) is 5.69 Å². The molecule has 0 bridgehead atoms. The lowest BCUT2D eigenvalue weighted by molar-refractivity contribution is 0.285. The SMILES string of the molecule is CCC(NS(=O)(=O)c1cc(N)cs1)C1CCCCC1. The molecule has 1 heterocycles. The van der Waals surface area contributed by atoms with Crippen molar-refractivity contribution < 1.29 is 8.42 Å². The third kappa shape index (κ3) is 3.70. The van der Waals surface area contributed by atoms with Gasteiger partial charge in [0.2, 0.25) is 10.0 Å². The van der Waals surface area contributed by atoms with E-state index in [1.165, 1.54) is 36.7 Å². The summed E-state index contributed by atoms with van der Waals surface area (Å²) in [5.41, 5.74) is 6.11. The van der Waals surface area contributed by atoms with Gasteiger partial charge >= 0.3 is 0 Å². The Hall–Kier alpha value is -0.590. The number of rotatable bonds is 5. The van der Waals surface area contributed by atoms with Crippen LogP contribution in [-0.2, 0) is 10.0 Å². The average Bonchev–Trinajstić information content (AvgIpc) is 2.85. The minimum atomic E-state index is -3.41. The minimum Gasteiger partial charge on any atom is -0.398 e. The van der Waals surface area contributed by atoms with Gasteiger partial charge in [0.25, 0.3) is 0 Å². The first-order chi connectivity index (χ1) is 9.03. The van der Waals surface area contributed by atoms with Crippen molar-refractivity contribution in [2.45, 2.75) is 55.7 Å². The molecule has 4 nitrogen and oxygen atoms in total. The Morgan fingerprint density at radius 2 is 2.11 bits per heavy atom. The molecule has 2 rings (SSSR count). The molecule has 0 aromatic carbocycles. The fourth-order valence-electron chi connectivity index (χ4n) is 2.78. The molecule has 0 radical (unpaired) electrons. The molecule has 1 fully saturated rings. The molecule has 1 aromatic rings. The van der Waals surface area contributed by atoms with Gasteiger partial charge in [0.05, 0.1) is 0 Å². The molecule has 1 atom stereocenters. The zero-order valence-corrected chi connectivity index (χ0v) is 12.9. The van der Waals surface area contributed by atoms with Crippen molar-refractivity contribution in [3.8, 4) is 0 Å². The number of anilines is 1. The molecule has 3 N–H and O–H groups in total. The number of hydrogen-bond acceptors (Lipinski definition) is 4. The molecule has 1 saturated carbocycles. The molecule has 0 spiro atoms. The van der Waals surface area contributed by atoms with E-state index in [0.29, 0.717) is 15.8 Å². The summed E-state index contributed by atoms with van der Waals surface area (Å²) in [6, 6.07) is 1.58. The Morgan fingerprint density at radius 3 is 2.63 bits per heavy atom. The molecule has 108 valence electrons. The predicted molar refractivity (Wildman–Crippen MR) is 79.7 cm³/mol. The Bertz CT molecular complexity index is 504. The summed E-state index contributed by atoms with van der Waals surface area (Å²) in [6.07, 6.45) is 6.82. The maximum absolute atomic E-state index is 12.3. The summed E-state index contributed by atoms with van der Waals surface area (Å²) >= 11 is 1.18. The van der Waals surface area contributed by atoms with Crippen LogP contribution in [0, 0.1) is 5.92 Å². The highest BCUT2D eigenvalue weighted by Crippen LogP contribution is 2.29. The van der Waals surface area contributed by atoms with Gasteiger partial charge in [0, 0.05) is 17.1 Å². The smallest absolute Gasteiger partial charge is 0.250 e. The maximum Gasteiger partial charge on any atom is 0.250 e. The molecule has 19 heavy (non-hydrogen) atoms. The molecule has 1 aromatic heterocycles. The lowest BCUT2D eigenvalue weighted by atomic mass is 9.83. The molecule has 1 aliphatic rings. The number of nitrogens with one attached hydrogen (secondary N) is 1. The highest BCUT2D eigenvalue weighted by atomic mass is 32.2. The van der Waals surface area contributed by atoms with Crippen molar-refractivity contribution >= 4 is 27.0 Å². The zero-order valence-electron chi connectivity index (χ0n) is 11.3. The quantitative estimate of drug-likeness (QED) is 0.878. The minimum absolute atomic E-state index is 0.0497. The van der Waals surface area contributed by atoms with E-state index in [4.69, 9.17) is 5.73 Å². The van der Waals surface area contributed by atoms with Crippen LogP contribution in [0.25, 0.3) is 0 Å². The first-order valence-corrected chi connectivity index (χ1v) is 9.25. The Kier molecular flexibility index (Phi) is 4.86. The fourth-order valence-corrected chi connectivity index (χ4v) is 5.26. The van der Waals surface area contributed by atoms with E-state index in [0.717, 1.165) is 19.3 Å². The number of hydrogen-bond donors (Lipinski definition) is 2. The van der Waals surface area contributed by atoms with Crippen LogP contribution < -0.4 is 10.5 Å². The molecule has 0 aliphatic heterocycles. The van der Waals surface area contributed by atoms with Gasteiger partial charge in [-0.05, 0) is 31.2 Å². The van der Waals surface area contributed by atoms with Gasteiger partial charge in [0.1, 0.15) is 4.21 Å². The van der Waals surface area contributed by atoms with Crippen LogP contribution >= 0.6 is 11.3 Å². The third-order valence-corrected chi connectivity index (χ3v) is 6.77. The molecule has 1 aliphatic carbocycles. The van der Waals surface area contributed by atoms with E-state index in [1.54, 1.807) is 5.38 Å². The van der Waals surface area contributed by atoms with Crippen molar-refractivity contribution in [2.75, 3.05) is 5.73 Å². The van der Waals surface area contributed by atoms with Crippen molar-refractivity contribution in [2.24, 2.45) is 5.92 Å². The summed E-state index contributed by atoms with van der Waals surface area (Å²) in [7, 11) is -3.41. The highest BCUT2D eigenvalue weighted by Gasteiger charge is 2.27. The normalized spacial score (nSPS) is 19.4. The van der Waals surface area contributed by atoms with Crippen LogP contribution in [0.3, 0.4) is 0 Å². The van der Waals surface area contributed by atoms with E-state index in [2.05, 4.69) is 4.72 Å². The van der Waals surface area contributed by atoms with Gasteiger partial charge < -0.3 is 5.73 Å². The molecule has 0 amide bonds. The second kappa shape index (κ2) is 6.24. The molecule has 1 unspecified atom stereocenters. The van der Waals surface area contributed by atoms with Crippen LogP contribution in [0.15, 0.2) is 15.7 Å². The van der Waals surface area contributed by atoms with Gasteiger partial charge in [-0.15, -0.1) is 11.3 Å². The van der Waals surface area contributed by atoms with Gasteiger partial charge in [-0.2, -0.15) is 0 Å². The maximum atomic E-state index is 12.3. The topological polar surface area (TPSA) is 72.2 Å². The summed E-state index contributed by atoms with van der Waals surface area (Å²) in [6.45, 7) is 2.05. The molecular weight excluding hydrogens is 280 g/mol. The van der Waals surface area contributed by atoms with Crippen molar-refractivity contribution in [3.05, 3.63) is 11.4 Å². The number of nitrogen functional groups attached to an aromatic ring is 1. The predicted octanol–water partition coefficient (Wildman–Crippen LogP) is 2.97. The van der Waals surface area contributed by atoms with Crippen molar-refractivity contribution in [1.82, 2.24) is 4.72 Å². The van der Waals surface area contributed by atoms with Gasteiger partial charge in [0.15, 0.2) is 0 Å². The first kappa shape index (κ1) is 14.8. The fraction of sp³-hybridized carbons (Fsp3) is 0.692. The van der Waals surface area contributed by atoms with Gasteiger partial charge in [-0.3, -0.25) is 0 Å². The Morgan fingerprint density at radius 1 is 1.42 bits per heavy atom. The Balaban J connectivity index is 2.08. The van der Waals surface area contributed by atoms with E-state index in [9.17, 15) is 8.42 Å². The summed E-state index contributed by atoms with van der Waals surface area (Å²) < 4.78 is 27.8. The standard InChI is InChI=1S/C13H22N2O2S2/c1-2-12(10-6-4-3-5-7-10)15-19(16,17)13-8-11(14)9-18-13/h8-10,12,15H,2-7,14H2,1H3. The summed E-state index contributed by atoms with van der Waals surface area (Å²) in [4.78, 5) is 0. The number of nitrogens with two attached hydrogens (primary N) is 1. The van der Waals surface area contributed by atoms with Crippen LogP contribution in [0.2, 0.25) is 0 Å². The molecule has 6 heteroatoms. The average molecular weight is 302 g/mol. The second-order valence-corrected chi connectivity index (χ2v) is 8.09. The van der Waals surface area contributed by atoms with Crippen molar-refractivity contribution in [3.63, 3.8) is 0 Å². The van der Waals surface area contributed by atoms with E-state index in [-0.39, 0.29) is 6.04 Å². The summed E-state index contributed by atoms with van der Waals surface area (Å²) in [5.74, 6) is 0.478. The van der Waals surface area contributed by atoms with Crippen LogP contribution in [-0.4, -0.2) is 14.5 Å². The van der Waals surface area contributed by atoms with E-state index >= 15 is 0 Å². The highest BCUT2D eigenvalue weighted by molar-refractivity contribution is 7.91. The van der Waals surface area contributed by atoms with Gasteiger partial charge in [-0.25, -0.2) is 13.1 Å². The summed E-state index contributed by atoms with van der Waals surface area (Å²) in [5, 5.41) is 1.66. The third-order valence-electron chi connectivity index (χ3n) is 3.83. The van der Waals surface area contributed by atoms with Gasteiger partial charge in [-0.1, -0.05) is 26.2 Å². The largest absolute Gasteiger partial charge is 0.398 e. The molecule has 0 saturated heterocycles. The van der Waals surface area contributed by atoms with E-state index in [1.807, 2.05) is 6.92 Å². The Labute approximate surface area is 119 Å². The van der Waals surface area contributed by atoms with Crippen molar-refractivity contribution in [1.29, 1.82) is 0 Å². The van der Waals surface area contributed by atoms with Crippen LogP contribution in [0.1, 0.15) is 45.4 Å². The zero-order chi connectivity index (χ0) is 13.9. The number of thiophene rings is 1. The lowest BCUT2D eigenvalue weighted by Gasteiger charge is -2.29. The second-order valence-electron chi connectivity index (χ2n) is 5.23. The molecular formula is C13H22N2O2S2. The first-order valence-electron chi connectivity index (χ1n) is 6.89.